The van der Waals surface area contributed by atoms with Gasteiger partial charge < -0.3 is 15.0 Å². The van der Waals surface area contributed by atoms with Crippen LogP contribution in [0.15, 0.2) is 0 Å². The van der Waals surface area contributed by atoms with E-state index in [-0.39, 0.29) is 23.3 Å². The highest BCUT2D eigenvalue weighted by Crippen LogP contribution is 2.38. The van der Waals surface area contributed by atoms with Crippen LogP contribution in [0.5, 0.6) is 0 Å². The highest BCUT2D eigenvalue weighted by Gasteiger charge is 2.54. The number of carbonyl (C=O) groups excluding carboxylic acids is 2. The van der Waals surface area contributed by atoms with Gasteiger partial charge in [-0.15, -0.1) is 0 Å². The van der Waals surface area contributed by atoms with Crippen molar-refractivity contribution in [2.75, 3.05) is 6.61 Å². The summed E-state index contributed by atoms with van der Waals surface area (Å²) in [6.45, 7) is 12.6. The lowest BCUT2D eigenvalue weighted by Gasteiger charge is -2.51. The van der Waals surface area contributed by atoms with Crippen LogP contribution in [0.25, 0.3) is 0 Å². The van der Waals surface area contributed by atoms with Gasteiger partial charge >= 0.3 is 0 Å². The third kappa shape index (κ3) is 2.56. The molecule has 0 aromatic rings. The maximum atomic E-state index is 13.1. The van der Waals surface area contributed by atoms with Crippen LogP contribution in [-0.2, 0) is 14.3 Å². The van der Waals surface area contributed by atoms with Crippen molar-refractivity contribution in [2.45, 2.75) is 78.1 Å². The average Bonchev–Trinajstić information content (AvgIpc) is 2.70. The van der Waals surface area contributed by atoms with Crippen molar-refractivity contribution < 1.29 is 14.3 Å². The largest absolute Gasteiger partial charge is 0.376 e. The summed E-state index contributed by atoms with van der Waals surface area (Å²) in [5.74, 6) is -0.0221. The van der Waals surface area contributed by atoms with Crippen LogP contribution in [0, 0.1) is 5.41 Å². The van der Waals surface area contributed by atoms with E-state index in [2.05, 4.69) is 5.32 Å². The summed E-state index contributed by atoms with van der Waals surface area (Å²) in [5, 5.41) is 2.92. The number of piperazine rings is 1. The first-order valence-electron chi connectivity index (χ1n) is 7.88. The predicted octanol–water partition coefficient (Wildman–Crippen LogP) is 1.71. The van der Waals surface area contributed by atoms with E-state index in [1.807, 2.05) is 46.4 Å². The molecule has 5 heteroatoms. The monoisotopic (exact) mass is 296 g/mol. The second-order valence-corrected chi connectivity index (χ2v) is 7.56. The normalized spacial score (nSPS) is 37.8. The van der Waals surface area contributed by atoms with Gasteiger partial charge in [0, 0.05) is 6.61 Å². The Kier molecular flexibility index (Phi) is 4.08. The molecule has 2 aliphatic rings. The second kappa shape index (κ2) is 5.27. The maximum Gasteiger partial charge on any atom is 0.246 e. The first-order chi connectivity index (χ1) is 9.63. The van der Waals surface area contributed by atoms with Crippen LogP contribution in [0.4, 0.5) is 0 Å². The van der Waals surface area contributed by atoms with Gasteiger partial charge in [0.05, 0.1) is 11.6 Å². The molecule has 2 rings (SSSR count). The molecular weight excluding hydrogens is 268 g/mol. The number of amides is 2. The van der Waals surface area contributed by atoms with E-state index in [1.165, 1.54) is 0 Å². The Hall–Kier alpha value is -1.10. The molecule has 4 unspecified atom stereocenters. The number of nitrogens with one attached hydrogen (secondary N) is 1. The molecule has 2 heterocycles. The minimum atomic E-state index is -0.475. The molecule has 0 radical (unpaired) electrons. The van der Waals surface area contributed by atoms with Gasteiger partial charge in [-0.05, 0) is 32.1 Å². The van der Waals surface area contributed by atoms with E-state index in [4.69, 9.17) is 4.74 Å². The summed E-state index contributed by atoms with van der Waals surface area (Å²) in [6, 6.07) is -0.873. The number of rotatable bonds is 2. The number of ether oxygens (including phenoxy) is 1. The SMILES string of the molecule is CCC1C(=O)NC(C(C)(C)C)C(=O)N1C1(C)CCOC1C. The van der Waals surface area contributed by atoms with E-state index in [9.17, 15) is 9.59 Å². The summed E-state index contributed by atoms with van der Waals surface area (Å²) in [6.07, 6.45) is 1.35. The van der Waals surface area contributed by atoms with Gasteiger partial charge in [0.2, 0.25) is 11.8 Å². The van der Waals surface area contributed by atoms with Crippen molar-refractivity contribution in [1.82, 2.24) is 10.2 Å². The quantitative estimate of drug-likeness (QED) is 0.844. The zero-order valence-corrected chi connectivity index (χ0v) is 14.0. The number of carbonyl (C=O) groups is 2. The molecule has 0 spiro atoms. The van der Waals surface area contributed by atoms with Crippen LogP contribution >= 0.6 is 0 Å². The molecule has 120 valence electrons. The van der Waals surface area contributed by atoms with Crippen molar-refractivity contribution in [2.24, 2.45) is 5.41 Å². The highest BCUT2D eigenvalue weighted by atomic mass is 16.5. The molecule has 2 fully saturated rings. The van der Waals surface area contributed by atoms with Crippen molar-refractivity contribution in [1.29, 1.82) is 0 Å². The molecule has 1 N–H and O–H groups in total. The van der Waals surface area contributed by atoms with Gasteiger partial charge in [0.25, 0.3) is 0 Å². The predicted molar refractivity (Wildman–Crippen MR) is 80.7 cm³/mol. The van der Waals surface area contributed by atoms with Crippen molar-refractivity contribution in [3.05, 3.63) is 0 Å². The Balaban J connectivity index is 2.43. The van der Waals surface area contributed by atoms with Crippen molar-refractivity contribution >= 4 is 11.8 Å². The van der Waals surface area contributed by atoms with Gasteiger partial charge in [-0.25, -0.2) is 0 Å². The summed E-state index contributed by atoms with van der Waals surface area (Å²) >= 11 is 0. The molecule has 2 saturated heterocycles. The van der Waals surface area contributed by atoms with E-state index in [0.717, 1.165) is 6.42 Å². The molecule has 0 saturated carbocycles. The van der Waals surface area contributed by atoms with Crippen molar-refractivity contribution in [3.63, 3.8) is 0 Å². The minimum Gasteiger partial charge on any atom is -0.376 e. The summed E-state index contributed by atoms with van der Waals surface area (Å²) in [7, 11) is 0. The third-order valence-electron chi connectivity index (χ3n) is 5.04. The van der Waals surface area contributed by atoms with Crippen molar-refractivity contribution in [3.8, 4) is 0 Å². The van der Waals surface area contributed by atoms with Gasteiger partial charge in [-0.3, -0.25) is 9.59 Å². The Labute approximate surface area is 127 Å². The molecular formula is C16H28N2O3. The van der Waals surface area contributed by atoms with E-state index in [0.29, 0.717) is 13.0 Å². The van der Waals surface area contributed by atoms with Gasteiger partial charge in [0.15, 0.2) is 0 Å². The van der Waals surface area contributed by atoms with Crippen LogP contribution < -0.4 is 5.32 Å². The van der Waals surface area contributed by atoms with E-state index >= 15 is 0 Å². The Morgan fingerprint density at radius 2 is 2.00 bits per heavy atom. The number of nitrogens with zero attached hydrogens (tertiary/aromatic N) is 1. The number of hydrogen-bond acceptors (Lipinski definition) is 3. The molecule has 0 aliphatic carbocycles. The highest BCUT2D eigenvalue weighted by molar-refractivity contribution is 5.98. The fourth-order valence-corrected chi connectivity index (χ4v) is 3.41. The van der Waals surface area contributed by atoms with Gasteiger partial charge in [-0.2, -0.15) is 0 Å². The molecule has 2 aliphatic heterocycles. The Morgan fingerprint density at radius 3 is 2.43 bits per heavy atom. The zero-order valence-electron chi connectivity index (χ0n) is 14.0. The van der Waals surface area contributed by atoms with Crippen LogP contribution in [-0.4, -0.2) is 47.0 Å². The lowest BCUT2D eigenvalue weighted by molar-refractivity contribution is -0.162. The molecule has 0 bridgehead atoms. The third-order valence-corrected chi connectivity index (χ3v) is 5.04. The Bertz CT molecular complexity index is 443. The standard InChI is InChI=1S/C16H28N2O3/c1-7-11-13(19)17-12(15(3,4)5)14(20)18(11)16(6)8-9-21-10(16)2/h10-12H,7-9H2,1-6H3,(H,17,19). The zero-order chi connectivity index (χ0) is 16.0. The van der Waals surface area contributed by atoms with Crippen LogP contribution in [0.1, 0.15) is 54.4 Å². The fraction of sp³-hybridized carbons (Fsp3) is 0.875. The topological polar surface area (TPSA) is 58.6 Å². The lowest BCUT2D eigenvalue weighted by atomic mass is 9.80. The molecule has 5 nitrogen and oxygen atoms in total. The van der Waals surface area contributed by atoms with Gasteiger partial charge in [0.1, 0.15) is 12.1 Å². The molecule has 4 atom stereocenters. The minimum absolute atomic E-state index is 0.0220. The Morgan fingerprint density at radius 1 is 1.38 bits per heavy atom. The lowest BCUT2D eigenvalue weighted by Crippen LogP contribution is -2.72. The van der Waals surface area contributed by atoms with Crippen LogP contribution in [0.3, 0.4) is 0 Å². The molecule has 21 heavy (non-hydrogen) atoms. The average molecular weight is 296 g/mol. The van der Waals surface area contributed by atoms with E-state index < -0.39 is 17.6 Å². The number of hydrogen-bond donors (Lipinski definition) is 1. The van der Waals surface area contributed by atoms with Crippen LogP contribution in [0.2, 0.25) is 0 Å². The van der Waals surface area contributed by atoms with E-state index in [1.54, 1.807) is 0 Å². The first-order valence-corrected chi connectivity index (χ1v) is 7.88. The molecule has 2 amide bonds. The maximum absolute atomic E-state index is 13.1. The first kappa shape index (κ1) is 16.3. The fourth-order valence-electron chi connectivity index (χ4n) is 3.41. The van der Waals surface area contributed by atoms with Gasteiger partial charge in [-0.1, -0.05) is 27.7 Å². The smallest absolute Gasteiger partial charge is 0.246 e. The summed E-state index contributed by atoms with van der Waals surface area (Å²) in [5.41, 5.74) is -0.707. The molecule has 0 aromatic carbocycles. The summed E-state index contributed by atoms with van der Waals surface area (Å²) in [4.78, 5) is 27.4. The second-order valence-electron chi connectivity index (χ2n) is 7.56. The summed E-state index contributed by atoms with van der Waals surface area (Å²) < 4.78 is 5.69. The molecule has 0 aromatic heterocycles.